The number of carbonyl (C=O) groups is 1. The molecule has 1 aromatic heterocycles. The summed E-state index contributed by atoms with van der Waals surface area (Å²) in [5, 5.41) is 3.04. The van der Waals surface area contributed by atoms with Crippen molar-refractivity contribution in [1.82, 2.24) is 10.3 Å². The highest BCUT2D eigenvalue weighted by Gasteiger charge is 2.16. The van der Waals surface area contributed by atoms with E-state index in [2.05, 4.69) is 10.3 Å². The predicted octanol–water partition coefficient (Wildman–Crippen LogP) is 1.72. The largest absolute Gasteiger partial charge is 0.482 e. The van der Waals surface area contributed by atoms with E-state index in [-0.39, 0.29) is 12.5 Å². The van der Waals surface area contributed by atoms with Gasteiger partial charge in [0.05, 0.1) is 5.69 Å². The summed E-state index contributed by atoms with van der Waals surface area (Å²) in [4.78, 5) is 16.4. The van der Waals surface area contributed by atoms with Crippen LogP contribution >= 0.6 is 0 Å². The maximum Gasteiger partial charge on any atom is 0.258 e. The predicted molar refractivity (Wildman–Crippen MR) is 82.2 cm³/mol. The molecule has 3 N–H and O–H groups in total. The Morgan fingerprint density at radius 3 is 2.86 bits per heavy atom. The second-order valence-electron chi connectivity index (χ2n) is 5.63. The molecule has 1 aliphatic carbocycles. The average Bonchev–Trinajstić information content (AvgIpc) is 2.48. The Labute approximate surface area is 126 Å². The van der Waals surface area contributed by atoms with E-state index in [1.165, 1.54) is 19.3 Å². The number of ether oxygens (including phenoxy) is 1. The number of nitrogens with two attached hydrogens (primary N) is 1. The third-order valence-corrected chi connectivity index (χ3v) is 3.78. The first-order valence-electron chi connectivity index (χ1n) is 7.78. The van der Waals surface area contributed by atoms with E-state index >= 15 is 0 Å². The molecule has 1 saturated carbocycles. The van der Waals surface area contributed by atoms with Crippen LogP contribution in [-0.4, -0.2) is 30.1 Å². The monoisotopic (exact) mass is 291 g/mol. The van der Waals surface area contributed by atoms with Crippen molar-refractivity contribution in [2.45, 2.75) is 51.5 Å². The van der Waals surface area contributed by atoms with E-state index in [1.54, 1.807) is 0 Å². The number of pyridine rings is 1. The highest BCUT2D eigenvalue weighted by molar-refractivity contribution is 5.77. The molecule has 5 heteroatoms. The van der Waals surface area contributed by atoms with Gasteiger partial charge in [0.1, 0.15) is 5.75 Å². The molecule has 0 saturated heterocycles. The normalized spacial score (nSPS) is 15.7. The van der Waals surface area contributed by atoms with Crippen molar-refractivity contribution in [3.63, 3.8) is 0 Å². The van der Waals surface area contributed by atoms with Crippen molar-refractivity contribution >= 4 is 5.91 Å². The first-order chi connectivity index (χ1) is 10.2. The van der Waals surface area contributed by atoms with Gasteiger partial charge in [0.25, 0.3) is 5.91 Å². The minimum Gasteiger partial charge on any atom is -0.482 e. The molecule has 0 radical (unpaired) electrons. The minimum atomic E-state index is -0.0545. The second kappa shape index (κ2) is 7.98. The van der Waals surface area contributed by atoms with Gasteiger partial charge < -0.3 is 15.8 Å². The molecule has 0 spiro atoms. The van der Waals surface area contributed by atoms with Gasteiger partial charge in [-0.25, -0.2) is 0 Å². The zero-order chi connectivity index (χ0) is 15.1. The molecule has 0 bridgehead atoms. The van der Waals surface area contributed by atoms with E-state index in [1.807, 2.05) is 19.1 Å². The summed E-state index contributed by atoms with van der Waals surface area (Å²) < 4.78 is 5.62. The Morgan fingerprint density at radius 1 is 1.38 bits per heavy atom. The standard InChI is InChI=1S/C16H25N3O2/c1-12-7-8-15(14(18-12)9-10-17)21-11-16(20)19-13-5-3-2-4-6-13/h7-8,13H,2-6,9-11,17H2,1H3,(H,19,20). The molecule has 0 aromatic carbocycles. The van der Waals surface area contributed by atoms with Gasteiger partial charge in [0.2, 0.25) is 0 Å². The molecular formula is C16H25N3O2. The van der Waals surface area contributed by atoms with Gasteiger partial charge in [0, 0.05) is 18.2 Å². The zero-order valence-corrected chi connectivity index (χ0v) is 12.7. The molecule has 1 aromatic rings. The van der Waals surface area contributed by atoms with E-state index in [0.29, 0.717) is 24.8 Å². The van der Waals surface area contributed by atoms with Crippen LogP contribution in [0.3, 0.4) is 0 Å². The number of nitrogens with zero attached hydrogens (tertiary/aromatic N) is 1. The maximum atomic E-state index is 11.9. The lowest BCUT2D eigenvalue weighted by molar-refractivity contribution is -0.124. The van der Waals surface area contributed by atoms with E-state index in [9.17, 15) is 4.79 Å². The molecule has 0 aliphatic heterocycles. The lowest BCUT2D eigenvalue weighted by atomic mass is 9.95. The van der Waals surface area contributed by atoms with Crippen LogP contribution in [0, 0.1) is 6.92 Å². The smallest absolute Gasteiger partial charge is 0.258 e. The summed E-state index contributed by atoms with van der Waals surface area (Å²) in [5.74, 6) is 0.603. The lowest BCUT2D eigenvalue weighted by Gasteiger charge is -2.22. The summed E-state index contributed by atoms with van der Waals surface area (Å²) in [5.41, 5.74) is 7.33. The maximum absolute atomic E-state index is 11.9. The van der Waals surface area contributed by atoms with E-state index in [0.717, 1.165) is 24.2 Å². The number of aryl methyl sites for hydroxylation is 1. The molecule has 1 amide bonds. The van der Waals surface area contributed by atoms with Crippen LogP contribution in [-0.2, 0) is 11.2 Å². The van der Waals surface area contributed by atoms with Crippen molar-refractivity contribution in [2.24, 2.45) is 5.73 Å². The summed E-state index contributed by atoms with van der Waals surface area (Å²) in [7, 11) is 0. The van der Waals surface area contributed by atoms with Crippen LogP contribution in [0.15, 0.2) is 12.1 Å². The van der Waals surface area contributed by atoms with Gasteiger partial charge in [-0.1, -0.05) is 19.3 Å². The third-order valence-electron chi connectivity index (χ3n) is 3.78. The Balaban J connectivity index is 1.85. The topological polar surface area (TPSA) is 77.2 Å². The molecule has 116 valence electrons. The first-order valence-corrected chi connectivity index (χ1v) is 7.78. The van der Waals surface area contributed by atoms with Crippen molar-refractivity contribution in [3.05, 3.63) is 23.5 Å². The van der Waals surface area contributed by atoms with Gasteiger partial charge in [-0.3, -0.25) is 9.78 Å². The number of nitrogens with one attached hydrogen (secondary N) is 1. The lowest BCUT2D eigenvalue weighted by Crippen LogP contribution is -2.39. The number of aromatic nitrogens is 1. The van der Waals surface area contributed by atoms with E-state index in [4.69, 9.17) is 10.5 Å². The highest BCUT2D eigenvalue weighted by Crippen LogP contribution is 2.18. The fraction of sp³-hybridized carbons (Fsp3) is 0.625. The first kappa shape index (κ1) is 15.8. The molecule has 0 unspecified atom stereocenters. The molecule has 5 nitrogen and oxygen atoms in total. The zero-order valence-electron chi connectivity index (χ0n) is 12.7. The number of rotatable bonds is 6. The minimum absolute atomic E-state index is 0.0405. The number of hydrogen-bond donors (Lipinski definition) is 2. The summed E-state index contributed by atoms with van der Waals surface area (Å²) in [6.07, 6.45) is 6.50. The van der Waals surface area contributed by atoms with Crippen molar-refractivity contribution < 1.29 is 9.53 Å². The van der Waals surface area contributed by atoms with Gasteiger partial charge in [-0.15, -0.1) is 0 Å². The van der Waals surface area contributed by atoms with Gasteiger partial charge in [-0.05, 0) is 38.4 Å². The average molecular weight is 291 g/mol. The molecule has 1 fully saturated rings. The summed E-state index contributed by atoms with van der Waals surface area (Å²) in [6, 6.07) is 4.06. The molecular weight excluding hydrogens is 266 g/mol. The van der Waals surface area contributed by atoms with Gasteiger partial charge in [-0.2, -0.15) is 0 Å². The second-order valence-corrected chi connectivity index (χ2v) is 5.63. The number of carbonyl (C=O) groups excluding carboxylic acids is 1. The van der Waals surface area contributed by atoms with Crippen molar-refractivity contribution in [2.75, 3.05) is 13.2 Å². The third kappa shape index (κ3) is 5.01. The SMILES string of the molecule is Cc1ccc(OCC(=O)NC2CCCCC2)c(CCN)n1. The van der Waals surface area contributed by atoms with Crippen LogP contribution in [0.4, 0.5) is 0 Å². The number of amides is 1. The van der Waals surface area contributed by atoms with Crippen LogP contribution < -0.4 is 15.8 Å². The van der Waals surface area contributed by atoms with Crippen LogP contribution in [0.25, 0.3) is 0 Å². The van der Waals surface area contributed by atoms with Gasteiger partial charge >= 0.3 is 0 Å². The highest BCUT2D eigenvalue weighted by atomic mass is 16.5. The quantitative estimate of drug-likeness (QED) is 0.836. The molecule has 21 heavy (non-hydrogen) atoms. The Kier molecular flexibility index (Phi) is 5.99. The van der Waals surface area contributed by atoms with Crippen molar-refractivity contribution in [3.8, 4) is 5.75 Å². The fourth-order valence-electron chi connectivity index (χ4n) is 2.70. The van der Waals surface area contributed by atoms with Crippen LogP contribution in [0.5, 0.6) is 5.75 Å². The van der Waals surface area contributed by atoms with Crippen LogP contribution in [0.1, 0.15) is 43.5 Å². The Bertz CT molecular complexity index is 471. The summed E-state index contributed by atoms with van der Waals surface area (Å²) in [6.45, 7) is 2.49. The molecule has 0 atom stereocenters. The number of hydrogen-bond acceptors (Lipinski definition) is 4. The molecule has 1 heterocycles. The summed E-state index contributed by atoms with van der Waals surface area (Å²) >= 11 is 0. The molecule has 1 aliphatic rings. The van der Waals surface area contributed by atoms with E-state index < -0.39 is 0 Å². The van der Waals surface area contributed by atoms with Gasteiger partial charge in [0.15, 0.2) is 6.61 Å². The van der Waals surface area contributed by atoms with Crippen LogP contribution in [0.2, 0.25) is 0 Å². The Morgan fingerprint density at radius 2 is 2.14 bits per heavy atom. The fourth-order valence-corrected chi connectivity index (χ4v) is 2.70. The Hall–Kier alpha value is -1.62. The van der Waals surface area contributed by atoms with Crippen molar-refractivity contribution in [1.29, 1.82) is 0 Å². The molecule has 2 rings (SSSR count).